The van der Waals surface area contributed by atoms with E-state index in [9.17, 15) is 9.59 Å². The van der Waals surface area contributed by atoms with Gasteiger partial charge in [-0.2, -0.15) is 5.10 Å². The summed E-state index contributed by atoms with van der Waals surface area (Å²) in [6, 6.07) is 9.87. The second-order valence-corrected chi connectivity index (χ2v) is 6.41. The molecule has 2 N–H and O–H groups in total. The summed E-state index contributed by atoms with van der Waals surface area (Å²) in [7, 11) is 0. The lowest BCUT2D eigenvalue weighted by molar-refractivity contribution is -0.129. The molecule has 0 spiro atoms. The smallest absolute Gasteiger partial charge is 0.227 e. The average molecular weight is 326 g/mol. The molecule has 1 aliphatic heterocycles. The maximum absolute atomic E-state index is 12.4. The van der Waals surface area contributed by atoms with Crippen LogP contribution in [0.2, 0.25) is 0 Å². The monoisotopic (exact) mass is 326 g/mol. The molecule has 3 rings (SSSR count). The van der Waals surface area contributed by atoms with Crippen molar-refractivity contribution in [2.45, 2.75) is 26.7 Å². The molecule has 0 radical (unpaired) electrons. The first-order valence-electron chi connectivity index (χ1n) is 8.13. The highest BCUT2D eigenvalue weighted by molar-refractivity contribution is 5.82. The number of aromatic nitrogens is 2. The molecule has 126 valence electrons. The first-order valence-corrected chi connectivity index (χ1v) is 8.13. The molecule has 6 nitrogen and oxygen atoms in total. The minimum Gasteiger partial charge on any atom is -0.369 e. The predicted molar refractivity (Wildman–Crippen MR) is 90.6 cm³/mol. The van der Waals surface area contributed by atoms with E-state index in [1.807, 2.05) is 48.9 Å². The van der Waals surface area contributed by atoms with Crippen molar-refractivity contribution in [1.29, 1.82) is 0 Å². The fourth-order valence-corrected chi connectivity index (χ4v) is 3.15. The molecule has 1 atom stereocenters. The standard InChI is InChI=1S/C18H22N4O2/c1-12-9-13(2)22(20-12)16-5-3-14(4-6-16)10-17(23)21-8-7-15(11-21)18(19)24/h3-6,9,15H,7-8,10-11H2,1-2H3,(H2,19,24). The average Bonchev–Trinajstić information content (AvgIpc) is 3.15. The van der Waals surface area contributed by atoms with E-state index in [0.717, 1.165) is 22.6 Å². The minimum atomic E-state index is -0.320. The number of carbonyl (C=O) groups excluding carboxylic acids is 2. The van der Waals surface area contributed by atoms with Crippen LogP contribution in [0, 0.1) is 19.8 Å². The van der Waals surface area contributed by atoms with Crippen molar-refractivity contribution in [2.24, 2.45) is 11.7 Å². The lowest BCUT2D eigenvalue weighted by Crippen LogP contribution is -2.32. The molecule has 2 aromatic rings. The van der Waals surface area contributed by atoms with Gasteiger partial charge >= 0.3 is 0 Å². The summed E-state index contributed by atoms with van der Waals surface area (Å²) in [5, 5.41) is 4.46. The topological polar surface area (TPSA) is 81.2 Å². The molecule has 0 bridgehead atoms. The van der Waals surface area contributed by atoms with Gasteiger partial charge < -0.3 is 10.6 Å². The van der Waals surface area contributed by atoms with E-state index in [-0.39, 0.29) is 17.7 Å². The van der Waals surface area contributed by atoms with Gasteiger partial charge in [-0.25, -0.2) is 4.68 Å². The number of hydrogen-bond donors (Lipinski definition) is 1. The van der Waals surface area contributed by atoms with E-state index in [0.29, 0.717) is 25.9 Å². The fourth-order valence-electron chi connectivity index (χ4n) is 3.15. The molecule has 1 aromatic heterocycles. The summed E-state index contributed by atoms with van der Waals surface area (Å²) in [5.41, 5.74) is 9.30. The zero-order chi connectivity index (χ0) is 17.3. The van der Waals surface area contributed by atoms with Crippen molar-refractivity contribution in [3.8, 4) is 5.69 Å². The second kappa shape index (κ2) is 6.47. The third-order valence-electron chi connectivity index (χ3n) is 4.49. The molecule has 6 heteroatoms. The number of carbonyl (C=O) groups is 2. The molecule has 0 aliphatic carbocycles. The van der Waals surface area contributed by atoms with E-state index in [2.05, 4.69) is 5.10 Å². The number of hydrogen-bond acceptors (Lipinski definition) is 3. The number of aryl methyl sites for hydroxylation is 2. The van der Waals surface area contributed by atoms with Crippen molar-refractivity contribution < 1.29 is 9.59 Å². The maximum atomic E-state index is 12.4. The Kier molecular flexibility index (Phi) is 4.38. The van der Waals surface area contributed by atoms with E-state index < -0.39 is 0 Å². The van der Waals surface area contributed by atoms with Crippen molar-refractivity contribution in [3.05, 3.63) is 47.3 Å². The Morgan fingerprint density at radius 1 is 1.25 bits per heavy atom. The van der Waals surface area contributed by atoms with Crippen LogP contribution >= 0.6 is 0 Å². The van der Waals surface area contributed by atoms with E-state index in [1.54, 1.807) is 4.90 Å². The number of nitrogens with two attached hydrogens (primary N) is 1. The summed E-state index contributed by atoms with van der Waals surface area (Å²) in [6.45, 7) is 5.03. The lowest BCUT2D eigenvalue weighted by Gasteiger charge is -2.16. The van der Waals surface area contributed by atoms with Crippen LogP contribution in [0.15, 0.2) is 30.3 Å². The van der Waals surface area contributed by atoms with E-state index in [4.69, 9.17) is 5.73 Å². The predicted octanol–water partition coefficient (Wildman–Crippen LogP) is 1.37. The van der Waals surface area contributed by atoms with Crippen LogP contribution in [0.1, 0.15) is 23.4 Å². The van der Waals surface area contributed by atoms with E-state index in [1.165, 1.54) is 0 Å². The second-order valence-electron chi connectivity index (χ2n) is 6.41. The minimum absolute atomic E-state index is 0.0395. The van der Waals surface area contributed by atoms with Gasteiger partial charge in [0.2, 0.25) is 11.8 Å². The van der Waals surface area contributed by atoms with Gasteiger partial charge in [-0.05, 0) is 44.0 Å². The lowest BCUT2D eigenvalue weighted by atomic mass is 10.1. The number of primary amides is 1. The molecule has 2 heterocycles. The van der Waals surface area contributed by atoms with Crippen LogP contribution in [-0.2, 0) is 16.0 Å². The molecule has 1 aromatic carbocycles. The number of amides is 2. The van der Waals surface area contributed by atoms with Crippen molar-refractivity contribution in [1.82, 2.24) is 14.7 Å². The number of likely N-dealkylation sites (tertiary alicyclic amines) is 1. The molecule has 24 heavy (non-hydrogen) atoms. The first kappa shape index (κ1) is 16.2. The largest absolute Gasteiger partial charge is 0.369 e. The molecule has 2 amide bonds. The third-order valence-corrected chi connectivity index (χ3v) is 4.49. The Balaban J connectivity index is 1.65. The highest BCUT2D eigenvalue weighted by Gasteiger charge is 2.29. The van der Waals surface area contributed by atoms with Crippen LogP contribution in [0.5, 0.6) is 0 Å². The van der Waals surface area contributed by atoms with Crippen LogP contribution < -0.4 is 5.73 Å². The number of rotatable bonds is 4. The Bertz CT molecular complexity index is 764. The SMILES string of the molecule is Cc1cc(C)n(-c2ccc(CC(=O)N3CCC(C(N)=O)C3)cc2)n1. The van der Waals surface area contributed by atoms with Crippen LogP contribution in [0.4, 0.5) is 0 Å². The van der Waals surface area contributed by atoms with Gasteiger partial charge in [0.15, 0.2) is 0 Å². The van der Waals surface area contributed by atoms with Crippen LogP contribution in [0.25, 0.3) is 5.69 Å². The molecule has 1 aliphatic rings. The van der Waals surface area contributed by atoms with Gasteiger partial charge in [-0.1, -0.05) is 12.1 Å². The van der Waals surface area contributed by atoms with Crippen molar-refractivity contribution >= 4 is 11.8 Å². The van der Waals surface area contributed by atoms with Crippen LogP contribution in [0.3, 0.4) is 0 Å². The molecule has 1 saturated heterocycles. The molecule has 0 saturated carbocycles. The zero-order valence-electron chi connectivity index (χ0n) is 14.0. The highest BCUT2D eigenvalue weighted by Crippen LogP contribution is 2.18. The van der Waals surface area contributed by atoms with Gasteiger partial charge in [0.1, 0.15) is 0 Å². The Labute approximate surface area is 141 Å². The summed E-state index contributed by atoms with van der Waals surface area (Å²) >= 11 is 0. The normalized spacial score (nSPS) is 17.2. The maximum Gasteiger partial charge on any atom is 0.227 e. The summed E-state index contributed by atoms with van der Waals surface area (Å²) < 4.78 is 1.89. The molecular weight excluding hydrogens is 304 g/mol. The first-order chi connectivity index (χ1) is 11.4. The van der Waals surface area contributed by atoms with Crippen molar-refractivity contribution in [2.75, 3.05) is 13.1 Å². The van der Waals surface area contributed by atoms with Gasteiger partial charge in [-0.15, -0.1) is 0 Å². The Morgan fingerprint density at radius 3 is 2.50 bits per heavy atom. The zero-order valence-corrected chi connectivity index (χ0v) is 14.0. The van der Waals surface area contributed by atoms with Gasteiger partial charge in [0.05, 0.1) is 23.7 Å². The Hall–Kier alpha value is -2.63. The summed E-state index contributed by atoms with van der Waals surface area (Å²) in [6.07, 6.45) is 1.00. The number of benzene rings is 1. The Morgan fingerprint density at radius 2 is 1.96 bits per heavy atom. The van der Waals surface area contributed by atoms with Crippen molar-refractivity contribution in [3.63, 3.8) is 0 Å². The van der Waals surface area contributed by atoms with Gasteiger partial charge in [0.25, 0.3) is 0 Å². The molecular formula is C18H22N4O2. The quantitative estimate of drug-likeness (QED) is 0.921. The fraction of sp³-hybridized carbons (Fsp3) is 0.389. The molecule has 1 unspecified atom stereocenters. The molecule has 1 fully saturated rings. The third kappa shape index (κ3) is 3.32. The summed E-state index contributed by atoms with van der Waals surface area (Å²) in [5.74, 6) is -0.487. The number of nitrogens with zero attached hydrogens (tertiary/aromatic N) is 3. The van der Waals surface area contributed by atoms with Gasteiger partial charge in [0, 0.05) is 18.8 Å². The van der Waals surface area contributed by atoms with E-state index >= 15 is 0 Å². The summed E-state index contributed by atoms with van der Waals surface area (Å²) in [4.78, 5) is 25.3. The van der Waals surface area contributed by atoms with Gasteiger partial charge in [-0.3, -0.25) is 9.59 Å². The highest BCUT2D eigenvalue weighted by atomic mass is 16.2. The van der Waals surface area contributed by atoms with Crippen LogP contribution in [-0.4, -0.2) is 39.6 Å².